The minimum atomic E-state index is -1.76. The average molecular weight is 555 g/mol. The number of hydrogen-bond acceptors (Lipinski definition) is 6. The first-order valence-corrected chi connectivity index (χ1v) is 18.4. The van der Waals surface area contributed by atoms with Gasteiger partial charge in [-0.1, -0.05) is 112 Å². The average Bonchev–Trinajstić information content (AvgIpc) is 2.95. The van der Waals surface area contributed by atoms with Crippen molar-refractivity contribution in [2.24, 2.45) is 5.92 Å². The molecule has 2 aromatic carbocycles. The van der Waals surface area contributed by atoms with Gasteiger partial charge in [-0.15, -0.1) is 22.9 Å². The molecule has 0 fully saturated rings. The molecule has 0 amide bonds. The molecule has 0 radical (unpaired) electrons. The molecule has 0 unspecified atom stereocenters. The highest BCUT2D eigenvalue weighted by Gasteiger charge is 2.29. The van der Waals surface area contributed by atoms with E-state index in [1.807, 2.05) is 24.3 Å². The van der Waals surface area contributed by atoms with Crippen LogP contribution in [-0.2, 0) is 19.6 Å². The van der Waals surface area contributed by atoms with Crippen molar-refractivity contribution in [3.05, 3.63) is 84.2 Å². The van der Waals surface area contributed by atoms with Crippen LogP contribution in [0.1, 0.15) is 62.3 Å². The first-order chi connectivity index (χ1) is 18.1. The Hall–Kier alpha value is -2.79. The van der Waals surface area contributed by atoms with Crippen molar-refractivity contribution < 1.29 is 29.1 Å². The first kappa shape index (κ1) is 31.4. The maximum Gasteiger partial charge on any atom is 0.373 e. The van der Waals surface area contributed by atoms with E-state index in [9.17, 15) is 9.59 Å². The summed E-state index contributed by atoms with van der Waals surface area (Å²) in [7, 11) is -3.52. The fourth-order valence-corrected chi connectivity index (χ4v) is 10.4. The second kappa shape index (κ2) is 14.4. The molecular formula is C30H42O6Si2. The molecule has 0 spiro atoms. The lowest BCUT2D eigenvalue weighted by atomic mass is 10.2. The van der Waals surface area contributed by atoms with Gasteiger partial charge in [0, 0.05) is 5.92 Å². The minimum absolute atomic E-state index is 0.262. The van der Waals surface area contributed by atoms with E-state index < -0.39 is 34.4 Å². The van der Waals surface area contributed by atoms with Crippen molar-refractivity contribution in [1.29, 1.82) is 0 Å². The van der Waals surface area contributed by atoms with Gasteiger partial charge in [0.05, 0.1) is 11.1 Å². The zero-order chi connectivity index (χ0) is 28.3. The van der Waals surface area contributed by atoms with Crippen LogP contribution in [-0.4, -0.2) is 34.4 Å². The maximum absolute atomic E-state index is 12.6. The molecular weight excluding hydrogens is 512 g/mol. The van der Waals surface area contributed by atoms with Gasteiger partial charge in [0.2, 0.25) is 6.29 Å². The van der Waals surface area contributed by atoms with Crippen molar-refractivity contribution in [2.45, 2.75) is 72.0 Å². The largest absolute Gasteiger partial charge is 0.373 e. The Morgan fingerprint density at radius 1 is 0.684 bits per heavy atom. The molecule has 2 rings (SSSR count). The van der Waals surface area contributed by atoms with E-state index in [-0.39, 0.29) is 5.92 Å². The van der Waals surface area contributed by atoms with Crippen LogP contribution in [0.2, 0.25) is 24.2 Å². The molecule has 206 valence electrons. The minimum Gasteiger partial charge on any atom is -0.290 e. The van der Waals surface area contributed by atoms with Gasteiger partial charge in [-0.2, -0.15) is 0 Å². The van der Waals surface area contributed by atoms with E-state index in [1.54, 1.807) is 38.1 Å². The standard InChI is InChI=1S/C30H42O6Si2/c1-9-37(10-2,11-3)26-19-15-24(16-20-26)28(31)33-35-30(23(7)8)36-34-29(32)25-17-21-27(22-18-25)38(12-4,13-5)14-6/h9,12,15-23,30H,1,4,10-11,13-14H2,2-3,5-8H3. The molecule has 0 N–H and O–H groups in total. The molecule has 0 aromatic heterocycles. The lowest BCUT2D eigenvalue weighted by Crippen LogP contribution is -2.44. The van der Waals surface area contributed by atoms with E-state index in [1.165, 1.54) is 10.4 Å². The number of rotatable bonds is 15. The van der Waals surface area contributed by atoms with Crippen molar-refractivity contribution in [2.75, 3.05) is 0 Å². The number of hydrogen-bond donors (Lipinski definition) is 0. The van der Waals surface area contributed by atoms with E-state index in [4.69, 9.17) is 19.6 Å². The van der Waals surface area contributed by atoms with E-state index >= 15 is 0 Å². The van der Waals surface area contributed by atoms with Crippen molar-refractivity contribution in [3.63, 3.8) is 0 Å². The zero-order valence-corrected chi connectivity index (χ0v) is 25.6. The van der Waals surface area contributed by atoms with Crippen LogP contribution in [0.5, 0.6) is 0 Å². The van der Waals surface area contributed by atoms with Gasteiger partial charge in [0.15, 0.2) is 0 Å². The van der Waals surface area contributed by atoms with Crippen molar-refractivity contribution in [1.82, 2.24) is 0 Å². The van der Waals surface area contributed by atoms with Crippen molar-refractivity contribution in [3.8, 4) is 0 Å². The van der Waals surface area contributed by atoms with Crippen molar-refractivity contribution >= 4 is 38.5 Å². The first-order valence-electron chi connectivity index (χ1n) is 13.4. The molecule has 0 aliphatic heterocycles. The molecule has 0 saturated carbocycles. The predicted molar refractivity (Wildman–Crippen MR) is 158 cm³/mol. The van der Waals surface area contributed by atoms with E-state index in [0.717, 1.165) is 24.2 Å². The molecule has 0 bridgehead atoms. The second-order valence-electron chi connectivity index (χ2n) is 9.84. The lowest BCUT2D eigenvalue weighted by Gasteiger charge is -2.26. The quantitative estimate of drug-likeness (QED) is 0.110. The highest BCUT2D eigenvalue weighted by molar-refractivity contribution is 6.96. The second-order valence-corrected chi connectivity index (χ2v) is 19.3. The number of carbonyl (C=O) groups excluding carboxylic acids is 2. The van der Waals surface area contributed by atoms with Gasteiger partial charge in [-0.25, -0.2) is 9.59 Å². The van der Waals surface area contributed by atoms with Gasteiger partial charge >= 0.3 is 11.9 Å². The van der Waals surface area contributed by atoms with Gasteiger partial charge in [-0.05, 0) is 24.3 Å². The molecule has 0 aliphatic carbocycles. The van der Waals surface area contributed by atoms with Gasteiger partial charge in [0.1, 0.15) is 16.1 Å². The van der Waals surface area contributed by atoms with Crippen LogP contribution in [0.15, 0.2) is 73.1 Å². The van der Waals surface area contributed by atoms with Crippen LogP contribution in [0, 0.1) is 5.92 Å². The Kier molecular flexibility index (Phi) is 11.9. The Morgan fingerprint density at radius 2 is 1.00 bits per heavy atom. The molecule has 2 aromatic rings. The summed E-state index contributed by atoms with van der Waals surface area (Å²) >= 11 is 0. The van der Waals surface area contributed by atoms with Crippen LogP contribution in [0.4, 0.5) is 0 Å². The molecule has 0 heterocycles. The Labute approximate surface area is 229 Å². The SMILES string of the molecule is C=C[Si](CC)(CC)c1ccc(C(=O)OOC(OOC(=O)c2ccc([Si](C=C)(CC)CC)cc2)C(C)C)cc1. The summed E-state index contributed by atoms with van der Waals surface area (Å²) in [5, 5.41) is 2.44. The highest BCUT2D eigenvalue weighted by atomic mass is 28.3. The third kappa shape index (κ3) is 7.19. The molecule has 0 aliphatic rings. The fraction of sp³-hybridized carbons (Fsp3) is 0.400. The summed E-state index contributed by atoms with van der Waals surface area (Å²) in [6, 6.07) is 19.0. The summed E-state index contributed by atoms with van der Waals surface area (Å²) in [5.74, 6) is -1.58. The maximum atomic E-state index is 12.6. The summed E-state index contributed by atoms with van der Waals surface area (Å²) < 4.78 is 0. The molecule has 8 heteroatoms. The molecule has 38 heavy (non-hydrogen) atoms. The van der Waals surface area contributed by atoms with Crippen LogP contribution in [0.3, 0.4) is 0 Å². The van der Waals surface area contributed by atoms with Crippen LogP contribution in [0.25, 0.3) is 0 Å². The van der Waals surface area contributed by atoms with Gasteiger partial charge in [-0.3, -0.25) is 9.78 Å². The van der Waals surface area contributed by atoms with Gasteiger partial charge < -0.3 is 0 Å². The smallest absolute Gasteiger partial charge is 0.290 e. The Morgan fingerprint density at radius 3 is 1.24 bits per heavy atom. The number of carbonyl (C=O) groups is 2. The van der Waals surface area contributed by atoms with E-state index in [0.29, 0.717) is 11.1 Å². The molecule has 0 saturated heterocycles. The summed E-state index contributed by atoms with van der Waals surface area (Å²) in [4.78, 5) is 45.6. The number of benzene rings is 2. The third-order valence-electron chi connectivity index (χ3n) is 7.68. The van der Waals surface area contributed by atoms with Crippen LogP contribution < -0.4 is 10.4 Å². The molecule has 6 nitrogen and oxygen atoms in total. The third-order valence-corrected chi connectivity index (χ3v) is 17.3. The highest BCUT2D eigenvalue weighted by Crippen LogP contribution is 2.19. The molecule has 0 atom stereocenters. The monoisotopic (exact) mass is 554 g/mol. The summed E-state index contributed by atoms with van der Waals surface area (Å²) in [5.41, 5.74) is 4.89. The van der Waals surface area contributed by atoms with E-state index in [2.05, 4.69) is 52.3 Å². The summed E-state index contributed by atoms with van der Waals surface area (Å²) in [6.07, 6.45) is -1.09. The zero-order valence-electron chi connectivity index (χ0n) is 23.6. The Balaban J connectivity index is 1.99. The normalized spacial score (nSPS) is 11.9. The Bertz CT molecular complexity index is 987. The topological polar surface area (TPSA) is 71.1 Å². The lowest BCUT2D eigenvalue weighted by molar-refractivity contribution is -0.430. The predicted octanol–water partition coefficient (Wildman–Crippen LogP) is 6.39. The fourth-order valence-electron chi connectivity index (χ4n) is 4.52. The van der Waals surface area contributed by atoms with Crippen LogP contribution >= 0.6 is 0 Å². The summed E-state index contributed by atoms with van der Waals surface area (Å²) in [6.45, 7) is 20.4. The van der Waals surface area contributed by atoms with Gasteiger partial charge in [0.25, 0.3) is 0 Å².